The Morgan fingerprint density at radius 3 is 2.17 bits per heavy atom. The Morgan fingerprint density at radius 1 is 1.00 bits per heavy atom. The van der Waals surface area contributed by atoms with Crippen molar-refractivity contribution in [2.75, 3.05) is 5.32 Å². The van der Waals surface area contributed by atoms with Gasteiger partial charge in [0.1, 0.15) is 5.75 Å². The first kappa shape index (κ1) is 16.6. The maximum absolute atomic E-state index is 11.7. The molecule has 0 fully saturated rings. The fraction of sp³-hybridized carbons (Fsp3) is 0.211. The Bertz CT molecular complexity index is 681. The van der Waals surface area contributed by atoms with Gasteiger partial charge in [0.15, 0.2) is 0 Å². The second-order valence-corrected chi connectivity index (χ2v) is 6.35. The molecule has 0 aliphatic rings. The number of phenolic OH excluding ortho intramolecular Hbond substituents is 1. The third-order valence-corrected chi connectivity index (χ3v) is 3.39. The Labute approximate surface area is 136 Å². The fourth-order valence-corrected chi connectivity index (χ4v) is 2.02. The number of amides is 2. The van der Waals surface area contributed by atoms with E-state index in [4.69, 9.17) is 0 Å². The maximum atomic E-state index is 11.7. The minimum Gasteiger partial charge on any atom is -0.508 e. The summed E-state index contributed by atoms with van der Waals surface area (Å²) in [5.41, 5.74) is 3.03. The highest BCUT2D eigenvalue weighted by atomic mass is 16.3. The van der Waals surface area contributed by atoms with Gasteiger partial charge in [-0.3, -0.25) is 0 Å². The number of nitrogens with one attached hydrogen (secondary N) is 2. The van der Waals surface area contributed by atoms with Crippen LogP contribution in [0.25, 0.3) is 6.08 Å². The van der Waals surface area contributed by atoms with Crippen LogP contribution in [0.3, 0.4) is 0 Å². The van der Waals surface area contributed by atoms with Crippen molar-refractivity contribution < 1.29 is 9.90 Å². The molecule has 0 spiro atoms. The molecular formula is C19H22N2O2. The number of aromatic hydroxyl groups is 1. The summed E-state index contributed by atoms with van der Waals surface area (Å²) in [4.78, 5) is 11.7. The highest BCUT2D eigenvalue weighted by molar-refractivity contribution is 5.90. The number of phenols is 1. The molecule has 0 heterocycles. The van der Waals surface area contributed by atoms with E-state index >= 15 is 0 Å². The molecule has 2 aromatic rings. The van der Waals surface area contributed by atoms with Crippen molar-refractivity contribution >= 4 is 17.8 Å². The van der Waals surface area contributed by atoms with Crippen LogP contribution in [0, 0.1) is 0 Å². The first-order chi connectivity index (χ1) is 10.8. The predicted molar refractivity (Wildman–Crippen MR) is 94.4 cm³/mol. The summed E-state index contributed by atoms with van der Waals surface area (Å²) < 4.78 is 0. The molecule has 0 unspecified atom stereocenters. The molecule has 4 nitrogen and oxygen atoms in total. The highest BCUT2D eigenvalue weighted by Crippen LogP contribution is 2.22. The van der Waals surface area contributed by atoms with E-state index in [0.29, 0.717) is 5.69 Å². The molecule has 0 saturated heterocycles. The molecule has 0 atom stereocenters. The van der Waals surface area contributed by atoms with E-state index in [-0.39, 0.29) is 17.2 Å². The van der Waals surface area contributed by atoms with Crippen LogP contribution in [-0.4, -0.2) is 11.1 Å². The fourth-order valence-electron chi connectivity index (χ4n) is 2.02. The Balaban J connectivity index is 1.88. The summed E-state index contributed by atoms with van der Waals surface area (Å²) in [6.07, 6.45) is 3.44. The molecule has 2 aromatic carbocycles. The van der Waals surface area contributed by atoms with E-state index in [1.807, 2.05) is 18.2 Å². The molecule has 0 aliphatic heterocycles. The van der Waals surface area contributed by atoms with E-state index in [1.165, 1.54) is 17.7 Å². The van der Waals surface area contributed by atoms with Crippen molar-refractivity contribution in [2.45, 2.75) is 26.2 Å². The molecule has 0 bridgehead atoms. The first-order valence-corrected chi connectivity index (χ1v) is 7.48. The molecule has 2 rings (SSSR count). The van der Waals surface area contributed by atoms with Crippen molar-refractivity contribution in [1.82, 2.24) is 5.32 Å². The molecular weight excluding hydrogens is 288 g/mol. The van der Waals surface area contributed by atoms with Gasteiger partial charge in [0.2, 0.25) is 0 Å². The van der Waals surface area contributed by atoms with E-state index < -0.39 is 0 Å². The molecule has 120 valence electrons. The Morgan fingerprint density at radius 2 is 1.61 bits per heavy atom. The minimum absolute atomic E-state index is 0.129. The molecule has 0 aromatic heterocycles. The quantitative estimate of drug-likeness (QED) is 0.732. The van der Waals surface area contributed by atoms with Crippen molar-refractivity contribution in [3.63, 3.8) is 0 Å². The van der Waals surface area contributed by atoms with Crippen molar-refractivity contribution in [1.29, 1.82) is 0 Å². The van der Waals surface area contributed by atoms with E-state index in [2.05, 4.69) is 43.5 Å². The van der Waals surface area contributed by atoms with Gasteiger partial charge < -0.3 is 15.7 Å². The smallest absolute Gasteiger partial charge is 0.323 e. The van der Waals surface area contributed by atoms with Crippen LogP contribution in [0.4, 0.5) is 10.5 Å². The van der Waals surface area contributed by atoms with Crippen molar-refractivity contribution in [3.05, 3.63) is 65.9 Å². The summed E-state index contributed by atoms with van der Waals surface area (Å²) in [5.74, 6) is 0.162. The van der Waals surface area contributed by atoms with Crippen LogP contribution in [-0.2, 0) is 5.41 Å². The topological polar surface area (TPSA) is 61.4 Å². The molecule has 23 heavy (non-hydrogen) atoms. The third kappa shape index (κ3) is 5.18. The lowest BCUT2D eigenvalue weighted by molar-refractivity contribution is 0.255. The number of carbonyl (C=O) groups is 1. The zero-order chi connectivity index (χ0) is 16.9. The van der Waals surface area contributed by atoms with Crippen LogP contribution < -0.4 is 10.6 Å². The SMILES string of the molecule is CC(C)(C)c1ccc(/C=C/NC(=O)Nc2ccc(O)cc2)cc1. The lowest BCUT2D eigenvalue weighted by Gasteiger charge is -2.18. The number of hydrogen-bond acceptors (Lipinski definition) is 2. The average molecular weight is 310 g/mol. The van der Waals surface area contributed by atoms with E-state index in [0.717, 1.165) is 5.56 Å². The summed E-state index contributed by atoms with van der Waals surface area (Å²) in [6, 6.07) is 14.2. The number of carbonyl (C=O) groups excluding carboxylic acids is 1. The van der Waals surface area contributed by atoms with Gasteiger partial charge in [0.25, 0.3) is 0 Å². The van der Waals surface area contributed by atoms with E-state index in [9.17, 15) is 9.90 Å². The van der Waals surface area contributed by atoms with Gasteiger partial charge in [-0.05, 0) is 46.9 Å². The van der Waals surface area contributed by atoms with Gasteiger partial charge in [0, 0.05) is 11.9 Å². The van der Waals surface area contributed by atoms with Crippen LogP contribution in [0.15, 0.2) is 54.7 Å². The summed E-state index contributed by atoms with van der Waals surface area (Å²) in [7, 11) is 0. The number of rotatable bonds is 3. The molecule has 0 radical (unpaired) electrons. The standard InChI is InChI=1S/C19H22N2O2/c1-19(2,3)15-6-4-14(5-7-15)12-13-20-18(23)21-16-8-10-17(22)11-9-16/h4-13,22H,1-3H3,(H2,20,21,23)/b13-12+. The zero-order valence-corrected chi connectivity index (χ0v) is 13.6. The number of hydrogen-bond donors (Lipinski definition) is 3. The normalized spacial score (nSPS) is 11.4. The predicted octanol–water partition coefficient (Wildman–Crippen LogP) is 4.48. The average Bonchev–Trinajstić information content (AvgIpc) is 2.49. The van der Waals surface area contributed by atoms with Crippen LogP contribution in [0.5, 0.6) is 5.75 Å². The molecule has 0 aliphatic carbocycles. The molecule has 2 amide bonds. The van der Waals surface area contributed by atoms with Crippen molar-refractivity contribution in [2.24, 2.45) is 0 Å². The van der Waals surface area contributed by atoms with E-state index in [1.54, 1.807) is 18.3 Å². The number of anilines is 1. The largest absolute Gasteiger partial charge is 0.508 e. The van der Waals surface area contributed by atoms with Crippen LogP contribution in [0.2, 0.25) is 0 Å². The third-order valence-electron chi connectivity index (χ3n) is 3.39. The molecule has 4 heteroatoms. The zero-order valence-electron chi connectivity index (χ0n) is 13.6. The van der Waals surface area contributed by atoms with Gasteiger partial charge in [-0.2, -0.15) is 0 Å². The van der Waals surface area contributed by atoms with Crippen molar-refractivity contribution in [3.8, 4) is 5.75 Å². The van der Waals surface area contributed by atoms with Gasteiger partial charge in [0.05, 0.1) is 0 Å². The summed E-state index contributed by atoms with van der Waals surface area (Å²) in [5, 5.41) is 14.5. The number of urea groups is 1. The molecule has 3 N–H and O–H groups in total. The Kier molecular flexibility index (Phi) is 5.06. The summed E-state index contributed by atoms with van der Waals surface area (Å²) >= 11 is 0. The van der Waals surface area contributed by atoms with Gasteiger partial charge >= 0.3 is 6.03 Å². The van der Waals surface area contributed by atoms with Gasteiger partial charge in [-0.25, -0.2) is 4.79 Å². The lowest BCUT2D eigenvalue weighted by atomic mass is 9.87. The second-order valence-electron chi connectivity index (χ2n) is 6.35. The molecule has 0 saturated carbocycles. The second kappa shape index (κ2) is 7.01. The minimum atomic E-state index is -0.335. The first-order valence-electron chi connectivity index (χ1n) is 7.48. The lowest BCUT2D eigenvalue weighted by Crippen LogP contribution is -2.23. The summed E-state index contributed by atoms with van der Waals surface area (Å²) in [6.45, 7) is 6.52. The number of benzene rings is 2. The van der Waals surface area contributed by atoms with Gasteiger partial charge in [-0.1, -0.05) is 45.0 Å². The van der Waals surface area contributed by atoms with Gasteiger partial charge in [-0.15, -0.1) is 0 Å². The Hall–Kier alpha value is -2.75. The van der Waals surface area contributed by atoms with Crippen LogP contribution >= 0.6 is 0 Å². The highest BCUT2D eigenvalue weighted by Gasteiger charge is 2.12. The maximum Gasteiger partial charge on any atom is 0.323 e. The van der Waals surface area contributed by atoms with Crippen LogP contribution in [0.1, 0.15) is 31.9 Å². The monoisotopic (exact) mass is 310 g/mol.